The van der Waals surface area contributed by atoms with Crippen molar-refractivity contribution < 1.29 is 4.74 Å². The molecule has 0 saturated carbocycles. The molecule has 0 aliphatic carbocycles. The Morgan fingerprint density at radius 1 is 1.25 bits per heavy atom. The van der Waals surface area contributed by atoms with Gasteiger partial charge in [0.15, 0.2) is 4.77 Å². The average Bonchev–Trinajstić information content (AvgIpc) is 3.04. The Labute approximate surface area is 126 Å². The van der Waals surface area contributed by atoms with Crippen molar-refractivity contribution in [2.24, 2.45) is 0 Å². The summed E-state index contributed by atoms with van der Waals surface area (Å²) in [7, 11) is 1.68. The summed E-state index contributed by atoms with van der Waals surface area (Å²) in [5.41, 5.74) is 2.05. The number of para-hydroxylation sites is 1. The fourth-order valence-corrected chi connectivity index (χ4v) is 3.55. The highest BCUT2D eigenvalue weighted by molar-refractivity contribution is 7.71. The van der Waals surface area contributed by atoms with Crippen LogP contribution in [0.2, 0.25) is 0 Å². The van der Waals surface area contributed by atoms with Gasteiger partial charge < -0.3 is 14.3 Å². The van der Waals surface area contributed by atoms with Gasteiger partial charge in [-0.3, -0.25) is 0 Å². The largest absolute Gasteiger partial charge is 0.494 e. The molecule has 0 unspecified atom stereocenters. The minimum atomic E-state index is 0.732. The van der Waals surface area contributed by atoms with Crippen molar-refractivity contribution in [1.82, 2.24) is 9.55 Å². The van der Waals surface area contributed by atoms with E-state index in [-0.39, 0.29) is 0 Å². The predicted octanol–water partition coefficient (Wildman–Crippen LogP) is 4.38. The molecule has 3 aromatic rings. The zero-order chi connectivity index (χ0) is 14.1. The van der Waals surface area contributed by atoms with Crippen LogP contribution in [0.25, 0.3) is 11.0 Å². The number of ether oxygens (including phenoxy) is 1. The third-order valence-corrected chi connectivity index (χ3v) is 4.91. The molecule has 0 atom stereocenters. The van der Waals surface area contributed by atoms with Crippen LogP contribution in [0.1, 0.15) is 16.7 Å². The van der Waals surface area contributed by atoms with E-state index in [2.05, 4.69) is 34.7 Å². The molecule has 2 aromatic heterocycles. The molecule has 1 aromatic carbocycles. The Balaban J connectivity index is 2.07. The summed E-state index contributed by atoms with van der Waals surface area (Å²) < 4.78 is 8.24. The second-order valence-electron chi connectivity index (χ2n) is 4.59. The predicted molar refractivity (Wildman–Crippen MR) is 86.5 cm³/mol. The third-order valence-electron chi connectivity index (χ3n) is 3.37. The van der Waals surface area contributed by atoms with E-state index in [1.165, 1.54) is 9.75 Å². The third kappa shape index (κ3) is 2.27. The summed E-state index contributed by atoms with van der Waals surface area (Å²) in [5.74, 6) is 0.827. The number of H-pyrrole nitrogens is 1. The number of hydrogen-bond acceptors (Lipinski definition) is 3. The number of benzene rings is 1. The van der Waals surface area contributed by atoms with E-state index < -0.39 is 0 Å². The van der Waals surface area contributed by atoms with Gasteiger partial charge >= 0.3 is 0 Å². The fourth-order valence-electron chi connectivity index (χ4n) is 2.33. The Morgan fingerprint density at radius 2 is 2.05 bits per heavy atom. The van der Waals surface area contributed by atoms with Gasteiger partial charge in [-0.05, 0) is 42.9 Å². The summed E-state index contributed by atoms with van der Waals surface area (Å²) >= 11 is 7.30. The van der Waals surface area contributed by atoms with Crippen LogP contribution < -0.4 is 4.74 Å². The molecule has 0 bridgehead atoms. The Kier molecular flexibility index (Phi) is 3.63. The molecule has 0 amide bonds. The second-order valence-corrected chi connectivity index (χ2v) is 6.23. The molecule has 0 spiro atoms. The maximum Gasteiger partial charge on any atom is 0.178 e. The highest BCUT2D eigenvalue weighted by Gasteiger charge is 2.09. The molecule has 3 nitrogen and oxygen atoms in total. The summed E-state index contributed by atoms with van der Waals surface area (Å²) in [6, 6.07) is 10.4. The molecule has 0 aliphatic heterocycles. The number of hydrogen-bond donors (Lipinski definition) is 1. The number of thiophene rings is 1. The highest BCUT2D eigenvalue weighted by atomic mass is 32.1. The van der Waals surface area contributed by atoms with Gasteiger partial charge in [-0.2, -0.15) is 0 Å². The van der Waals surface area contributed by atoms with E-state index in [4.69, 9.17) is 17.0 Å². The minimum absolute atomic E-state index is 0.732. The van der Waals surface area contributed by atoms with Crippen molar-refractivity contribution in [2.45, 2.75) is 19.9 Å². The van der Waals surface area contributed by atoms with Crippen LogP contribution in [0.5, 0.6) is 5.75 Å². The topological polar surface area (TPSA) is 29.9 Å². The van der Waals surface area contributed by atoms with Crippen LogP contribution in [0, 0.1) is 4.77 Å². The van der Waals surface area contributed by atoms with Crippen LogP contribution >= 0.6 is 23.6 Å². The van der Waals surface area contributed by atoms with E-state index in [1.54, 1.807) is 7.11 Å². The van der Waals surface area contributed by atoms with Crippen LogP contribution in [0.15, 0.2) is 30.3 Å². The van der Waals surface area contributed by atoms with Crippen molar-refractivity contribution in [2.75, 3.05) is 7.11 Å². The lowest BCUT2D eigenvalue weighted by atomic mass is 10.3. The number of rotatable bonds is 4. The van der Waals surface area contributed by atoms with Crippen molar-refractivity contribution in [3.05, 3.63) is 44.9 Å². The lowest BCUT2D eigenvalue weighted by Crippen LogP contribution is -1.97. The Hall–Kier alpha value is -1.59. The molecule has 3 rings (SSSR count). The lowest BCUT2D eigenvalue weighted by Gasteiger charge is -2.04. The van der Waals surface area contributed by atoms with Crippen molar-refractivity contribution in [3.63, 3.8) is 0 Å². The minimum Gasteiger partial charge on any atom is -0.494 e. The number of aromatic nitrogens is 2. The van der Waals surface area contributed by atoms with Gasteiger partial charge in [0.25, 0.3) is 0 Å². The van der Waals surface area contributed by atoms with Gasteiger partial charge in [0, 0.05) is 9.75 Å². The summed E-state index contributed by atoms with van der Waals surface area (Å²) in [6.07, 6.45) is 1.08. The number of nitrogens with one attached hydrogen (secondary N) is 1. The van der Waals surface area contributed by atoms with Crippen LogP contribution in [-0.2, 0) is 13.0 Å². The van der Waals surface area contributed by atoms with Crippen LogP contribution in [-0.4, -0.2) is 16.7 Å². The standard InChI is InChI=1S/C15H16N2OS2/c1-3-10-7-8-11(20-10)9-17-12-5-4-6-13(18-2)14(12)16-15(17)19/h4-8H,3,9H2,1-2H3,(H,16,19). The maximum atomic E-state index is 5.45. The molecular formula is C15H16N2OS2. The van der Waals surface area contributed by atoms with Crippen molar-refractivity contribution >= 4 is 34.6 Å². The number of fused-ring (bicyclic) bond motifs is 1. The Bertz CT molecular complexity index is 798. The van der Waals surface area contributed by atoms with Crippen molar-refractivity contribution in [3.8, 4) is 5.75 Å². The lowest BCUT2D eigenvalue weighted by molar-refractivity contribution is 0.419. The monoisotopic (exact) mass is 304 g/mol. The van der Waals surface area contributed by atoms with E-state index in [0.29, 0.717) is 0 Å². The van der Waals surface area contributed by atoms with E-state index in [0.717, 1.165) is 34.5 Å². The molecule has 20 heavy (non-hydrogen) atoms. The first-order valence-electron chi connectivity index (χ1n) is 6.56. The first-order chi connectivity index (χ1) is 9.72. The van der Waals surface area contributed by atoms with Gasteiger partial charge in [-0.15, -0.1) is 11.3 Å². The molecule has 2 heterocycles. The van der Waals surface area contributed by atoms with Crippen LogP contribution in [0.4, 0.5) is 0 Å². The summed E-state index contributed by atoms with van der Waals surface area (Å²) in [6.45, 7) is 2.98. The number of aromatic amines is 1. The normalized spacial score (nSPS) is 11.1. The number of methoxy groups -OCH3 is 1. The zero-order valence-corrected chi connectivity index (χ0v) is 13.1. The molecule has 5 heteroatoms. The number of aryl methyl sites for hydroxylation is 1. The number of imidazole rings is 1. The van der Waals surface area contributed by atoms with Crippen LogP contribution in [0.3, 0.4) is 0 Å². The maximum absolute atomic E-state index is 5.45. The molecule has 0 radical (unpaired) electrons. The summed E-state index contributed by atoms with van der Waals surface area (Å²) in [5, 5.41) is 0. The SMILES string of the molecule is CCc1ccc(Cn2c(=S)[nH]c3c(OC)cccc32)s1. The molecular weight excluding hydrogens is 288 g/mol. The molecule has 0 aliphatic rings. The van der Waals surface area contributed by atoms with Gasteiger partial charge in [-0.25, -0.2) is 0 Å². The second kappa shape index (κ2) is 5.42. The fraction of sp³-hybridized carbons (Fsp3) is 0.267. The summed E-state index contributed by atoms with van der Waals surface area (Å²) in [4.78, 5) is 5.97. The molecule has 0 saturated heterocycles. The van der Waals surface area contributed by atoms with Gasteiger partial charge in [0.2, 0.25) is 0 Å². The van der Waals surface area contributed by atoms with Gasteiger partial charge in [0.05, 0.1) is 19.2 Å². The molecule has 104 valence electrons. The average molecular weight is 304 g/mol. The smallest absolute Gasteiger partial charge is 0.178 e. The highest BCUT2D eigenvalue weighted by Crippen LogP contribution is 2.26. The van der Waals surface area contributed by atoms with E-state index >= 15 is 0 Å². The first kappa shape index (κ1) is 13.4. The quantitative estimate of drug-likeness (QED) is 0.725. The Morgan fingerprint density at radius 3 is 2.75 bits per heavy atom. The molecule has 1 N–H and O–H groups in total. The molecule has 0 fully saturated rings. The van der Waals surface area contributed by atoms with Gasteiger partial charge in [-0.1, -0.05) is 13.0 Å². The van der Waals surface area contributed by atoms with Crippen molar-refractivity contribution in [1.29, 1.82) is 0 Å². The van der Waals surface area contributed by atoms with Gasteiger partial charge in [0.1, 0.15) is 11.3 Å². The zero-order valence-electron chi connectivity index (χ0n) is 11.5. The van der Waals surface area contributed by atoms with E-state index in [1.807, 2.05) is 23.5 Å². The number of nitrogens with zero attached hydrogens (tertiary/aromatic N) is 1. The first-order valence-corrected chi connectivity index (χ1v) is 7.78. The van der Waals surface area contributed by atoms with E-state index in [9.17, 15) is 0 Å².